The molecule has 0 radical (unpaired) electrons. The summed E-state index contributed by atoms with van der Waals surface area (Å²) in [5.41, 5.74) is -1.18. The Morgan fingerprint density at radius 3 is 1.84 bits per heavy atom. The summed E-state index contributed by atoms with van der Waals surface area (Å²) in [5, 5.41) is 0. The monoisotopic (exact) mass is 283 g/mol. The summed E-state index contributed by atoms with van der Waals surface area (Å²) in [5.74, 6) is -11.2. The van der Waals surface area contributed by atoms with Crippen LogP contribution >= 0.6 is 0 Å². The van der Waals surface area contributed by atoms with Crippen molar-refractivity contribution in [1.82, 2.24) is 0 Å². The van der Waals surface area contributed by atoms with Crippen molar-refractivity contribution in [1.29, 1.82) is 0 Å². The first-order chi connectivity index (χ1) is 8.81. The molecule has 106 valence electrons. The maximum absolute atomic E-state index is 13.4. The van der Waals surface area contributed by atoms with E-state index in [-0.39, 0.29) is 6.61 Å². The Morgan fingerprint density at radius 1 is 1.00 bits per heavy atom. The van der Waals surface area contributed by atoms with Gasteiger partial charge in [0.05, 0.1) is 6.61 Å². The molecule has 1 aromatic carbocycles. The zero-order valence-electron chi connectivity index (χ0n) is 10.1. The molecule has 0 amide bonds. The van der Waals surface area contributed by atoms with Crippen molar-refractivity contribution in [2.75, 3.05) is 25.1 Å². The van der Waals surface area contributed by atoms with E-state index in [1.807, 2.05) is 0 Å². The smallest absolute Gasteiger partial charge is 0.325 e. The highest BCUT2D eigenvalue weighted by Gasteiger charge is 2.28. The highest BCUT2D eigenvalue weighted by atomic mass is 19.2. The van der Waals surface area contributed by atoms with E-state index in [4.69, 9.17) is 0 Å². The number of hydrogen-bond acceptors (Lipinski definition) is 3. The van der Waals surface area contributed by atoms with Gasteiger partial charge < -0.3 is 9.64 Å². The van der Waals surface area contributed by atoms with Gasteiger partial charge in [0.1, 0.15) is 12.2 Å². The summed E-state index contributed by atoms with van der Waals surface area (Å²) in [6.07, 6.45) is 0. The largest absolute Gasteiger partial charge is 0.465 e. The molecule has 0 aliphatic rings. The quantitative estimate of drug-likeness (QED) is 0.368. The van der Waals surface area contributed by atoms with Crippen molar-refractivity contribution >= 4 is 11.7 Å². The molecule has 1 rings (SSSR count). The second kappa shape index (κ2) is 5.85. The first-order valence-corrected chi connectivity index (χ1v) is 5.19. The molecule has 0 N–H and O–H groups in total. The predicted molar refractivity (Wildman–Crippen MR) is 56.1 cm³/mol. The molecular weight excluding hydrogens is 273 g/mol. The molecule has 1 aromatic rings. The number of hydrogen-bond donors (Lipinski definition) is 0. The van der Waals surface area contributed by atoms with E-state index in [0.717, 1.165) is 7.05 Å². The number of ether oxygens (including phenoxy) is 1. The Bertz CT molecular complexity index is 477. The normalized spacial score (nSPS) is 10.5. The molecule has 8 heteroatoms. The van der Waals surface area contributed by atoms with E-state index in [2.05, 4.69) is 4.74 Å². The number of rotatable bonds is 4. The Labute approximate surface area is 105 Å². The molecule has 0 saturated carbocycles. The summed E-state index contributed by atoms with van der Waals surface area (Å²) in [6, 6.07) is 0. The number of carbonyl (C=O) groups excluding carboxylic acids is 1. The number of carbonyl (C=O) groups is 1. The van der Waals surface area contributed by atoms with Crippen molar-refractivity contribution in [2.24, 2.45) is 0 Å². The average Bonchev–Trinajstić information content (AvgIpc) is 2.34. The minimum Gasteiger partial charge on any atom is -0.465 e. The fraction of sp³-hybridized carbons (Fsp3) is 0.364. The van der Waals surface area contributed by atoms with Gasteiger partial charge in [0.15, 0.2) is 23.3 Å². The van der Waals surface area contributed by atoms with Crippen LogP contribution in [-0.2, 0) is 9.53 Å². The predicted octanol–water partition coefficient (Wildman–Crippen LogP) is 2.38. The SMILES string of the molecule is CCOC(=O)CN(C)c1c(F)c(F)c(F)c(F)c1F. The van der Waals surface area contributed by atoms with Crippen LogP contribution in [0.1, 0.15) is 6.92 Å². The summed E-state index contributed by atoms with van der Waals surface area (Å²) < 4.78 is 70.0. The van der Waals surface area contributed by atoms with Crippen LogP contribution in [0.4, 0.5) is 27.6 Å². The van der Waals surface area contributed by atoms with Crippen LogP contribution in [0, 0.1) is 29.1 Å². The molecule has 0 fully saturated rings. The molecule has 0 saturated heterocycles. The van der Waals surface area contributed by atoms with Crippen molar-refractivity contribution < 1.29 is 31.5 Å². The third-order valence-electron chi connectivity index (χ3n) is 2.24. The molecule has 0 bridgehead atoms. The molecule has 3 nitrogen and oxygen atoms in total. The van der Waals surface area contributed by atoms with Gasteiger partial charge in [-0.15, -0.1) is 0 Å². The van der Waals surface area contributed by atoms with Crippen molar-refractivity contribution in [2.45, 2.75) is 6.92 Å². The molecule has 0 heterocycles. The summed E-state index contributed by atoms with van der Waals surface area (Å²) >= 11 is 0. The highest BCUT2D eigenvalue weighted by molar-refractivity contribution is 5.75. The minimum absolute atomic E-state index is 0.0315. The first kappa shape index (κ1) is 15.2. The van der Waals surface area contributed by atoms with Gasteiger partial charge in [-0.3, -0.25) is 4.79 Å². The third kappa shape index (κ3) is 2.94. The van der Waals surface area contributed by atoms with Crippen LogP contribution in [0.15, 0.2) is 0 Å². The Kier molecular flexibility index (Phi) is 4.68. The summed E-state index contributed by atoms with van der Waals surface area (Å²) in [4.78, 5) is 11.7. The standard InChI is InChI=1S/C11H10F5NO2/c1-3-19-5(18)4-17(2)11-9(15)7(13)6(12)8(14)10(11)16/h3-4H2,1-2H3. The van der Waals surface area contributed by atoms with Gasteiger partial charge in [0.25, 0.3) is 0 Å². The fourth-order valence-corrected chi connectivity index (χ4v) is 1.41. The van der Waals surface area contributed by atoms with E-state index < -0.39 is 47.3 Å². The van der Waals surface area contributed by atoms with Crippen molar-refractivity contribution in [3.63, 3.8) is 0 Å². The fourth-order valence-electron chi connectivity index (χ4n) is 1.41. The van der Waals surface area contributed by atoms with E-state index in [1.54, 1.807) is 0 Å². The van der Waals surface area contributed by atoms with E-state index in [9.17, 15) is 26.7 Å². The average molecular weight is 283 g/mol. The van der Waals surface area contributed by atoms with Crippen molar-refractivity contribution in [3.8, 4) is 0 Å². The highest BCUT2D eigenvalue weighted by Crippen LogP contribution is 2.29. The zero-order valence-corrected chi connectivity index (χ0v) is 10.1. The molecule has 0 aromatic heterocycles. The van der Waals surface area contributed by atoms with Gasteiger partial charge in [-0.1, -0.05) is 0 Å². The van der Waals surface area contributed by atoms with Gasteiger partial charge in [-0.05, 0) is 6.92 Å². The lowest BCUT2D eigenvalue weighted by atomic mass is 10.2. The number of halogens is 5. The second-order valence-corrected chi connectivity index (χ2v) is 3.58. The number of benzene rings is 1. The Hall–Kier alpha value is -1.86. The van der Waals surface area contributed by atoms with Gasteiger partial charge in [-0.2, -0.15) is 0 Å². The van der Waals surface area contributed by atoms with Crippen LogP contribution in [0.3, 0.4) is 0 Å². The van der Waals surface area contributed by atoms with Gasteiger partial charge in [0, 0.05) is 7.05 Å². The number of nitrogens with zero attached hydrogens (tertiary/aromatic N) is 1. The Morgan fingerprint density at radius 2 is 1.42 bits per heavy atom. The van der Waals surface area contributed by atoms with Crippen LogP contribution in [0.25, 0.3) is 0 Å². The summed E-state index contributed by atoms with van der Waals surface area (Å²) in [6.45, 7) is 0.895. The number of likely N-dealkylation sites (N-methyl/N-ethyl adjacent to an activating group) is 1. The lowest BCUT2D eigenvalue weighted by Gasteiger charge is -2.20. The lowest BCUT2D eigenvalue weighted by Crippen LogP contribution is -2.29. The maximum atomic E-state index is 13.4. The van der Waals surface area contributed by atoms with Crippen molar-refractivity contribution in [3.05, 3.63) is 29.1 Å². The Balaban J connectivity index is 3.17. The van der Waals surface area contributed by atoms with Crippen LogP contribution in [0.2, 0.25) is 0 Å². The first-order valence-electron chi connectivity index (χ1n) is 5.19. The number of anilines is 1. The van der Waals surface area contributed by atoms with E-state index >= 15 is 0 Å². The van der Waals surface area contributed by atoms with Crippen LogP contribution in [-0.4, -0.2) is 26.2 Å². The molecule has 0 aliphatic heterocycles. The maximum Gasteiger partial charge on any atom is 0.325 e. The van der Waals surface area contributed by atoms with Crippen LogP contribution < -0.4 is 4.90 Å². The van der Waals surface area contributed by atoms with Gasteiger partial charge in [-0.25, -0.2) is 22.0 Å². The van der Waals surface area contributed by atoms with E-state index in [0.29, 0.717) is 4.90 Å². The zero-order chi connectivity index (χ0) is 14.7. The third-order valence-corrected chi connectivity index (χ3v) is 2.24. The lowest BCUT2D eigenvalue weighted by molar-refractivity contribution is -0.141. The van der Waals surface area contributed by atoms with Gasteiger partial charge in [0.2, 0.25) is 5.82 Å². The van der Waals surface area contributed by atoms with E-state index in [1.165, 1.54) is 6.92 Å². The van der Waals surface area contributed by atoms with Crippen LogP contribution in [0.5, 0.6) is 0 Å². The molecule has 19 heavy (non-hydrogen) atoms. The number of esters is 1. The summed E-state index contributed by atoms with van der Waals surface area (Å²) in [7, 11) is 1.01. The molecule has 0 unspecified atom stereocenters. The molecule has 0 aliphatic carbocycles. The molecule has 0 atom stereocenters. The minimum atomic E-state index is -2.25. The molecular formula is C11H10F5NO2. The topological polar surface area (TPSA) is 29.5 Å². The second-order valence-electron chi connectivity index (χ2n) is 3.58. The molecule has 0 spiro atoms. The van der Waals surface area contributed by atoms with Gasteiger partial charge >= 0.3 is 5.97 Å².